The minimum absolute atomic E-state index is 0. The van der Waals surface area contributed by atoms with E-state index >= 15 is 0 Å². The molecule has 0 spiro atoms. The molecule has 0 radical (unpaired) electrons. The van der Waals surface area contributed by atoms with E-state index in [-0.39, 0.29) is 36.0 Å². The van der Waals surface area contributed by atoms with Crippen LogP contribution in [0, 0.1) is 11.5 Å². The fourth-order valence-corrected chi connectivity index (χ4v) is 2.16. The number of benzene rings is 1. The maximum absolute atomic E-state index is 9.27. The molecule has 2 rings (SSSR count). The summed E-state index contributed by atoms with van der Waals surface area (Å²) in [6.07, 6.45) is 8.63. The Labute approximate surface area is 182 Å². The maximum Gasteiger partial charge on any atom is -1.00 e. The SMILES string of the molecule is CC(C)(C)C1=[C-]CC=C1.CC(C)(C)c1cc(O)cc(Cl)c1.[CH2]=[Ti+].[Cl-].[Cl-]. The van der Waals surface area contributed by atoms with Crippen LogP contribution >= 0.6 is 11.6 Å². The van der Waals surface area contributed by atoms with E-state index < -0.39 is 0 Å². The standard InChI is InChI=1S/C10H13ClO.C9H13.CH2.2ClH.Ti/c1-10(2,3)7-4-8(11)6-9(12)5-7;1-9(2,3)8-6-4-5-7-8;;;;/h4-6,12H,1-3H3;4,6H,5H2,1-3H3;1H2;2*1H;/q;-1;;;;+1/p-2. The Morgan fingerprint density at radius 2 is 1.52 bits per heavy atom. The molecular weight excluding hydrogens is 410 g/mol. The number of halogens is 3. The second-order valence-electron chi connectivity index (χ2n) is 7.40. The van der Waals surface area contributed by atoms with E-state index in [1.807, 2.05) is 6.07 Å². The van der Waals surface area contributed by atoms with Crippen molar-refractivity contribution in [2.24, 2.45) is 5.41 Å². The summed E-state index contributed by atoms with van der Waals surface area (Å²) in [5.41, 5.74) is 2.73. The summed E-state index contributed by atoms with van der Waals surface area (Å²) >= 11 is 7.55. The first kappa shape index (κ1) is 29.7. The van der Waals surface area contributed by atoms with Gasteiger partial charge in [-0.2, -0.15) is 6.08 Å². The summed E-state index contributed by atoms with van der Waals surface area (Å²) in [5.74, 6) is 0.229. The van der Waals surface area contributed by atoms with Crippen molar-refractivity contribution in [2.75, 3.05) is 0 Å². The van der Waals surface area contributed by atoms with Gasteiger partial charge in [0.05, 0.1) is 0 Å². The summed E-state index contributed by atoms with van der Waals surface area (Å²) < 4.78 is 0. The van der Waals surface area contributed by atoms with Crippen LogP contribution in [0.3, 0.4) is 0 Å². The predicted molar refractivity (Wildman–Crippen MR) is 98.9 cm³/mol. The maximum atomic E-state index is 9.27. The van der Waals surface area contributed by atoms with Gasteiger partial charge in [-0.3, -0.25) is 6.08 Å². The zero-order chi connectivity index (χ0) is 18.3. The smallest absolute Gasteiger partial charge is 1.00 e. The summed E-state index contributed by atoms with van der Waals surface area (Å²) in [7, 11) is 0. The van der Waals surface area contributed by atoms with Crippen LogP contribution in [-0.4, -0.2) is 9.92 Å². The summed E-state index contributed by atoms with van der Waals surface area (Å²) in [6, 6.07) is 5.16. The molecule has 1 aliphatic carbocycles. The predicted octanol–water partition coefficient (Wildman–Crippen LogP) is 0.0383. The van der Waals surface area contributed by atoms with Crippen molar-refractivity contribution >= 4 is 16.4 Å². The molecule has 0 bridgehead atoms. The van der Waals surface area contributed by atoms with Crippen molar-refractivity contribution in [1.29, 1.82) is 0 Å². The van der Waals surface area contributed by atoms with Gasteiger partial charge < -0.3 is 29.9 Å². The topological polar surface area (TPSA) is 20.2 Å². The third-order valence-electron chi connectivity index (χ3n) is 3.25. The Morgan fingerprint density at radius 1 is 1.00 bits per heavy atom. The van der Waals surface area contributed by atoms with Gasteiger partial charge in [0.25, 0.3) is 0 Å². The van der Waals surface area contributed by atoms with Crippen LogP contribution < -0.4 is 24.8 Å². The van der Waals surface area contributed by atoms with Gasteiger partial charge in [-0.1, -0.05) is 53.1 Å². The Morgan fingerprint density at radius 3 is 1.80 bits per heavy atom. The van der Waals surface area contributed by atoms with E-state index in [0.717, 1.165) is 12.0 Å². The average Bonchev–Trinajstić information content (AvgIpc) is 2.93. The molecule has 1 aromatic rings. The fraction of sp³-hybridized carbons (Fsp3) is 0.450. The van der Waals surface area contributed by atoms with Crippen LogP contribution in [0.25, 0.3) is 0 Å². The van der Waals surface area contributed by atoms with E-state index in [1.165, 1.54) is 11.6 Å². The third-order valence-corrected chi connectivity index (χ3v) is 3.47. The molecule has 1 N–H and O–H groups in total. The van der Waals surface area contributed by atoms with E-state index in [1.54, 1.807) is 26.0 Å². The third kappa shape index (κ3) is 12.0. The summed E-state index contributed by atoms with van der Waals surface area (Å²) in [6.45, 7) is 12.9. The van der Waals surface area contributed by atoms with Gasteiger partial charge in [0.2, 0.25) is 0 Å². The van der Waals surface area contributed by atoms with Crippen LogP contribution in [0.15, 0.2) is 35.9 Å². The van der Waals surface area contributed by atoms with Crippen LogP contribution in [0.4, 0.5) is 0 Å². The van der Waals surface area contributed by atoms with Crippen molar-refractivity contribution in [2.45, 2.75) is 53.4 Å². The second-order valence-corrected chi connectivity index (χ2v) is 7.83. The summed E-state index contributed by atoms with van der Waals surface area (Å²) in [4.78, 5) is 3.25. The van der Waals surface area contributed by atoms with Crippen LogP contribution in [-0.2, 0) is 25.4 Å². The zero-order valence-electron chi connectivity index (χ0n) is 15.9. The van der Waals surface area contributed by atoms with Crippen LogP contribution in [0.2, 0.25) is 5.02 Å². The molecule has 0 fully saturated rings. The second kappa shape index (κ2) is 13.2. The average molecular weight is 439 g/mol. The van der Waals surface area contributed by atoms with Crippen molar-refractivity contribution in [3.8, 4) is 5.75 Å². The van der Waals surface area contributed by atoms with Crippen molar-refractivity contribution in [3.05, 3.63) is 52.6 Å². The Kier molecular flexibility index (Phi) is 15.7. The minimum atomic E-state index is 0. The zero-order valence-corrected chi connectivity index (χ0v) is 19.7. The van der Waals surface area contributed by atoms with Crippen molar-refractivity contribution < 1.29 is 49.9 Å². The van der Waals surface area contributed by atoms with Crippen molar-refractivity contribution in [3.63, 3.8) is 0 Å². The van der Waals surface area contributed by atoms with E-state index in [2.05, 4.69) is 64.6 Å². The van der Waals surface area contributed by atoms with Crippen molar-refractivity contribution in [1.82, 2.24) is 0 Å². The Bertz CT molecular complexity index is 547. The van der Waals surface area contributed by atoms with Gasteiger partial charge >= 0.3 is 24.8 Å². The molecule has 0 atom stereocenters. The van der Waals surface area contributed by atoms with Gasteiger partial charge in [0.1, 0.15) is 5.75 Å². The Hall–Kier alpha value is -0.0457. The monoisotopic (exact) mass is 437 g/mol. The molecule has 0 aliphatic heterocycles. The number of phenols is 1. The van der Waals surface area contributed by atoms with Gasteiger partial charge in [-0.25, -0.2) is 11.6 Å². The van der Waals surface area contributed by atoms with Gasteiger partial charge in [0, 0.05) is 5.02 Å². The molecule has 0 amide bonds. The van der Waals surface area contributed by atoms with E-state index in [0.29, 0.717) is 10.4 Å². The van der Waals surface area contributed by atoms with E-state index in [9.17, 15) is 5.11 Å². The number of hydrogen-bond donors (Lipinski definition) is 1. The van der Waals surface area contributed by atoms with Gasteiger partial charge in [0.15, 0.2) is 0 Å². The molecule has 1 nitrogen and oxygen atoms in total. The van der Waals surface area contributed by atoms with Crippen LogP contribution in [0.1, 0.15) is 53.5 Å². The molecule has 0 saturated carbocycles. The first-order valence-electron chi connectivity index (χ1n) is 7.63. The van der Waals surface area contributed by atoms with Crippen LogP contribution in [0.5, 0.6) is 5.75 Å². The number of phenolic OH excluding ortho intramolecular Hbond substituents is 1. The Balaban J connectivity index is -0.000000336. The van der Waals surface area contributed by atoms with Gasteiger partial charge in [-0.15, -0.1) is 6.42 Å². The molecule has 5 heteroatoms. The normalized spacial score (nSPS) is 12.4. The number of aromatic hydroxyl groups is 1. The first-order chi connectivity index (χ1) is 10.5. The quantitative estimate of drug-likeness (QED) is 0.448. The van der Waals surface area contributed by atoms with Gasteiger partial charge in [-0.05, 0) is 34.6 Å². The molecule has 0 aromatic heterocycles. The fourth-order valence-electron chi connectivity index (χ4n) is 1.93. The first-order valence-corrected chi connectivity index (χ1v) is 9.11. The minimum Gasteiger partial charge on any atom is -1.00 e. The molecule has 0 saturated heterocycles. The number of allylic oxidation sites excluding steroid dienone is 4. The largest absolute Gasteiger partial charge is 1.00 e. The number of hydrogen-bond acceptors (Lipinski definition) is 1. The molecule has 141 valence electrons. The molecule has 0 unspecified atom stereocenters. The molecule has 1 aromatic carbocycles. The summed E-state index contributed by atoms with van der Waals surface area (Å²) in [5, 5.41) is 9.86. The van der Waals surface area contributed by atoms with E-state index in [4.69, 9.17) is 11.6 Å². The molecular formula is C20H28Cl3OTi-2. The number of rotatable bonds is 0. The molecule has 25 heavy (non-hydrogen) atoms. The molecule has 1 aliphatic rings. The molecule has 0 heterocycles.